The van der Waals surface area contributed by atoms with Crippen molar-refractivity contribution in [3.8, 4) is 11.5 Å². The number of nitrogens with zero attached hydrogens (tertiary/aromatic N) is 1. The number of amides is 2. The molecule has 2 aromatic rings. The lowest BCUT2D eigenvalue weighted by atomic mass is 10.1. The molecule has 0 saturated carbocycles. The summed E-state index contributed by atoms with van der Waals surface area (Å²) < 4.78 is 10.6. The van der Waals surface area contributed by atoms with E-state index < -0.39 is 0 Å². The lowest BCUT2D eigenvalue weighted by Crippen LogP contribution is -2.25. The van der Waals surface area contributed by atoms with E-state index in [0.29, 0.717) is 23.7 Å². The van der Waals surface area contributed by atoms with Crippen LogP contribution in [0.3, 0.4) is 0 Å². The molecule has 2 aromatic carbocycles. The Morgan fingerprint density at radius 3 is 2.81 bits per heavy atom. The summed E-state index contributed by atoms with van der Waals surface area (Å²) in [6.07, 6.45) is 4.02. The Balaban J connectivity index is 1.45. The average molecular weight is 350 g/mol. The van der Waals surface area contributed by atoms with Gasteiger partial charge in [-0.3, -0.25) is 9.59 Å². The van der Waals surface area contributed by atoms with Crippen molar-refractivity contribution in [2.24, 2.45) is 0 Å². The van der Waals surface area contributed by atoms with Gasteiger partial charge in [0.25, 0.3) is 0 Å². The van der Waals surface area contributed by atoms with Crippen LogP contribution in [-0.4, -0.2) is 25.2 Å². The molecule has 26 heavy (non-hydrogen) atoms. The van der Waals surface area contributed by atoms with Crippen LogP contribution in [-0.2, 0) is 16.0 Å². The van der Waals surface area contributed by atoms with Gasteiger partial charge in [0.2, 0.25) is 18.6 Å². The number of rotatable bonds is 3. The van der Waals surface area contributed by atoms with Gasteiger partial charge in [0.15, 0.2) is 11.5 Å². The van der Waals surface area contributed by atoms with Crippen LogP contribution in [0.4, 0.5) is 11.4 Å². The van der Waals surface area contributed by atoms with Crippen LogP contribution in [0.5, 0.6) is 11.5 Å². The number of anilines is 2. The first-order valence-corrected chi connectivity index (χ1v) is 8.40. The summed E-state index contributed by atoms with van der Waals surface area (Å²) in [6.45, 7) is 2.46. The summed E-state index contributed by atoms with van der Waals surface area (Å²) in [6, 6.07) is 11.2. The molecule has 0 aliphatic carbocycles. The summed E-state index contributed by atoms with van der Waals surface area (Å²) in [4.78, 5) is 25.6. The molecule has 2 amide bonds. The van der Waals surface area contributed by atoms with Crippen molar-refractivity contribution in [2.45, 2.75) is 13.3 Å². The van der Waals surface area contributed by atoms with Gasteiger partial charge in [-0.2, -0.15) is 0 Å². The molecule has 2 aliphatic rings. The second-order valence-electron chi connectivity index (χ2n) is 6.20. The molecule has 132 valence electrons. The van der Waals surface area contributed by atoms with Gasteiger partial charge in [-0.1, -0.05) is 12.1 Å². The molecule has 4 rings (SSSR count). The van der Waals surface area contributed by atoms with E-state index in [1.165, 1.54) is 6.08 Å². The maximum Gasteiger partial charge on any atom is 0.248 e. The monoisotopic (exact) mass is 350 g/mol. The Hall–Kier alpha value is -3.28. The van der Waals surface area contributed by atoms with Crippen LogP contribution in [0.25, 0.3) is 6.08 Å². The van der Waals surface area contributed by atoms with Crippen LogP contribution in [0.2, 0.25) is 0 Å². The van der Waals surface area contributed by atoms with Gasteiger partial charge in [0.1, 0.15) is 0 Å². The normalized spacial score (nSPS) is 14.6. The predicted molar refractivity (Wildman–Crippen MR) is 98.4 cm³/mol. The molecule has 0 radical (unpaired) electrons. The smallest absolute Gasteiger partial charge is 0.248 e. The van der Waals surface area contributed by atoms with Gasteiger partial charge in [-0.15, -0.1) is 0 Å². The van der Waals surface area contributed by atoms with E-state index in [1.54, 1.807) is 17.9 Å². The van der Waals surface area contributed by atoms with Crippen LogP contribution in [0.1, 0.15) is 18.1 Å². The highest BCUT2D eigenvalue weighted by atomic mass is 16.7. The van der Waals surface area contributed by atoms with E-state index in [-0.39, 0.29) is 18.6 Å². The molecule has 0 spiro atoms. The quantitative estimate of drug-likeness (QED) is 0.864. The van der Waals surface area contributed by atoms with Crippen molar-refractivity contribution < 1.29 is 19.1 Å². The molecule has 0 saturated heterocycles. The second kappa shape index (κ2) is 6.55. The Morgan fingerprint density at radius 1 is 1.12 bits per heavy atom. The van der Waals surface area contributed by atoms with Crippen LogP contribution >= 0.6 is 0 Å². The van der Waals surface area contributed by atoms with Crippen LogP contribution in [0.15, 0.2) is 42.5 Å². The Bertz CT molecular complexity index is 920. The van der Waals surface area contributed by atoms with Crippen molar-refractivity contribution in [1.29, 1.82) is 0 Å². The minimum atomic E-state index is -0.241. The summed E-state index contributed by atoms with van der Waals surface area (Å²) in [5, 5.41) is 2.83. The third-order valence-electron chi connectivity index (χ3n) is 4.45. The van der Waals surface area contributed by atoms with Crippen molar-refractivity contribution in [3.63, 3.8) is 0 Å². The van der Waals surface area contributed by atoms with Gasteiger partial charge in [0, 0.05) is 30.9 Å². The van der Waals surface area contributed by atoms with E-state index in [9.17, 15) is 9.59 Å². The predicted octanol–water partition coefficient (Wildman–Crippen LogP) is 2.98. The zero-order valence-corrected chi connectivity index (χ0v) is 14.3. The first-order chi connectivity index (χ1) is 12.6. The summed E-state index contributed by atoms with van der Waals surface area (Å²) in [7, 11) is 0. The molecule has 2 aliphatic heterocycles. The third kappa shape index (κ3) is 3.13. The maximum absolute atomic E-state index is 12.2. The molecule has 0 aromatic heterocycles. The van der Waals surface area contributed by atoms with E-state index in [1.807, 2.05) is 36.4 Å². The zero-order valence-electron chi connectivity index (χ0n) is 14.3. The highest BCUT2D eigenvalue weighted by molar-refractivity contribution is 6.03. The van der Waals surface area contributed by atoms with E-state index in [4.69, 9.17) is 9.47 Å². The molecule has 2 heterocycles. The molecule has 0 bridgehead atoms. The molecular weight excluding hydrogens is 332 g/mol. The molecule has 6 nitrogen and oxygen atoms in total. The minimum absolute atomic E-state index is 0.00919. The van der Waals surface area contributed by atoms with Gasteiger partial charge in [0.05, 0.1) is 0 Å². The van der Waals surface area contributed by atoms with E-state index in [0.717, 1.165) is 23.2 Å². The highest BCUT2D eigenvalue weighted by Crippen LogP contribution is 2.33. The maximum atomic E-state index is 12.2. The Kier molecular flexibility index (Phi) is 4.08. The topological polar surface area (TPSA) is 67.9 Å². The number of ether oxygens (including phenoxy) is 2. The first kappa shape index (κ1) is 16.2. The number of carbonyl (C=O) groups is 2. The molecule has 0 atom stereocenters. The average Bonchev–Trinajstić information content (AvgIpc) is 3.25. The van der Waals surface area contributed by atoms with E-state index >= 15 is 0 Å². The second-order valence-corrected chi connectivity index (χ2v) is 6.20. The number of nitrogens with one attached hydrogen (secondary N) is 1. The van der Waals surface area contributed by atoms with Crippen LogP contribution < -0.4 is 19.7 Å². The Morgan fingerprint density at radius 2 is 1.96 bits per heavy atom. The molecule has 6 heteroatoms. The molecule has 1 N–H and O–H groups in total. The first-order valence-electron chi connectivity index (χ1n) is 8.40. The van der Waals surface area contributed by atoms with Crippen molar-refractivity contribution in [1.82, 2.24) is 0 Å². The van der Waals surface area contributed by atoms with Crippen molar-refractivity contribution >= 4 is 29.3 Å². The summed E-state index contributed by atoms with van der Waals surface area (Å²) in [5.74, 6) is 1.15. The molecular formula is C20H18N2O4. The number of fused-ring (bicyclic) bond motifs is 2. The standard InChI is InChI=1S/C20H18N2O4/c1-13(23)22-9-8-15-4-5-16(11-17(15)22)21-20(24)7-3-14-2-6-18-19(10-14)26-12-25-18/h2-7,10-11H,8-9,12H2,1H3,(H,21,24)/b7-3+. The fourth-order valence-corrected chi connectivity index (χ4v) is 3.16. The number of hydrogen-bond donors (Lipinski definition) is 1. The summed E-state index contributed by atoms with van der Waals surface area (Å²) in [5.41, 5.74) is 3.50. The fraction of sp³-hybridized carbons (Fsp3) is 0.200. The van der Waals surface area contributed by atoms with Gasteiger partial charge in [-0.25, -0.2) is 0 Å². The number of hydrogen-bond acceptors (Lipinski definition) is 4. The van der Waals surface area contributed by atoms with Gasteiger partial charge >= 0.3 is 0 Å². The lowest BCUT2D eigenvalue weighted by molar-refractivity contribution is -0.116. The van der Waals surface area contributed by atoms with Gasteiger partial charge in [-0.05, 0) is 47.9 Å². The highest BCUT2D eigenvalue weighted by Gasteiger charge is 2.22. The zero-order chi connectivity index (χ0) is 18.1. The van der Waals surface area contributed by atoms with Crippen molar-refractivity contribution in [2.75, 3.05) is 23.6 Å². The fourth-order valence-electron chi connectivity index (χ4n) is 3.16. The van der Waals surface area contributed by atoms with E-state index in [2.05, 4.69) is 5.32 Å². The SMILES string of the molecule is CC(=O)N1CCc2ccc(NC(=O)/C=C/c3ccc4c(c3)OCO4)cc21. The number of carbonyl (C=O) groups excluding carboxylic acids is 2. The largest absolute Gasteiger partial charge is 0.454 e. The lowest BCUT2D eigenvalue weighted by Gasteiger charge is -2.15. The van der Waals surface area contributed by atoms with Crippen molar-refractivity contribution in [3.05, 3.63) is 53.6 Å². The number of benzene rings is 2. The molecule has 0 fully saturated rings. The van der Waals surface area contributed by atoms with Crippen LogP contribution in [0, 0.1) is 0 Å². The van der Waals surface area contributed by atoms with Gasteiger partial charge < -0.3 is 19.7 Å². The molecule has 0 unspecified atom stereocenters. The minimum Gasteiger partial charge on any atom is -0.454 e. The summed E-state index contributed by atoms with van der Waals surface area (Å²) >= 11 is 0. The Labute approximate surface area is 151 Å². The third-order valence-corrected chi connectivity index (χ3v) is 4.45.